The molecule has 0 radical (unpaired) electrons. The van der Waals surface area contributed by atoms with Crippen LogP contribution >= 0.6 is 0 Å². The summed E-state index contributed by atoms with van der Waals surface area (Å²) in [7, 11) is 0. The lowest BCUT2D eigenvalue weighted by molar-refractivity contribution is -0.136. The predicted octanol–water partition coefficient (Wildman–Crippen LogP) is 4.13. The van der Waals surface area contributed by atoms with Crippen molar-refractivity contribution in [2.75, 3.05) is 29.9 Å². The Hall–Kier alpha value is -3.08. The summed E-state index contributed by atoms with van der Waals surface area (Å²) in [6.07, 6.45) is 0.728. The number of benzene rings is 2. The summed E-state index contributed by atoms with van der Waals surface area (Å²) in [5, 5.41) is 3.21. The molecule has 0 aliphatic carbocycles. The number of rotatable bonds is 8. The van der Waals surface area contributed by atoms with E-state index in [0.29, 0.717) is 17.8 Å². The van der Waals surface area contributed by atoms with Gasteiger partial charge in [-0.25, -0.2) is 0 Å². The molecule has 1 aliphatic heterocycles. The molecular formula is C23H27N3O2. The van der Waals surface area contributed by atoms with Crippen LogP contribution in [0.5, 0.6) is 0 Å². The molecule has 0 spiro atoms. The molecule has 1 aliphatic rings. The van der Waals surface area contributed by atoms with E-state index in [-0.39, 0.29) is 11.8 Å². The first-order valence-electron chi connectivity index (χ1n) is 9.88. The number of anilines is 2. The highest BCUT2D eigenvalue weighted by atomic mass is 16.2. The standard InChI is InChI=1S/C23H27N3O2/c1-4-16-26-22(27)20(17-10-8-7-9-11-17)21(23(26)28)24-18-12-14-19(15-13-18)25(5-2)6-3/h7-15,24H,4-6,16H2,1-3H3. The van der Waals surface area contributed by atoms with Gasteiger partial charge >= 0.3 is 0 Å². The van der Waals surface area contributed by atoms with Crippen molar-refractivity contribution < 1.29 is 9.59 Å². The van der Waals surface area contributed by atoms with Gasteiger partial charge in [-0.1, -0.05) is 37.3 Å². The molecule has 0 fully saturated rings. The average Bonchev–Trinajstić information content (AvgIpc) is 2.95. The Bertz CT molecular complexity index is 868. The smallest absolute Gasteiger partial charge is 0.278 e. The Labute approximate surface area is 166 Å². The van der Waals surface area contributed by atoms with Crippen LogP contribution in [0.15, 0.2) is 60.3 Å². The second-order valence-electron chi connectivity index (χ2n) is 6.72. The minimum Gasteiger partial charge on any atom is -0.372 e. The van der Waals surface area contributed by atoms with Crippen LogP contribution in [-0.2, 0) is 9.59 Å². The molecule has 146 valence electrons. The fourth-order valence-corrected chi connectivity index (χ4v) is 3.48. The van der Waals surface area contributed by atoms with Crippen LogP contribution in [-0.4, -0.2) is 36.3 Å². The highest BCUT2D eigenvalue weighted by Gasteiger charge is 2.38. The maximum Gasteiger partial charge on any atom is 0.278 e. The minimum absolute atomic E-state index is 0.236. The topological polar surface area (TPSA) is 52.7 Å². The maximum atomic E-state index is 12.9. The number of hydrogen-bond donors (Lipinski definition) is 1. The van der Waals surface area contributed by atoms with Crippen molar-refractivity contribution in [3.05, 3.63) is 65.9 Å². The molecule has 3 rings (SSSR count). The molecule has 1 N–H and O–H groups in total. The summed E-state index contributed by atoms with van der Waals surface area (Å²) in [6, 6.07) is 17.3. The van der Waals surface area contributed by atoms with E-state index in [4.69, 9.17) is 0 Å². The Kier molecular flexibility index (Phi) is 6.14. The molecule has 0 bridgehead atoms. The van der Waals surface area contributed by atoms with Crippen molar-refractivity contribution in [3.8, 4) is 0 Å². The number of carbonyl (C=O) groups is 2. The molecular weight excluding hydrogens is 350 g/mol. The van der Waals surface area contributed by atoms with Gasteiger partial charge < -0.3 is 10.2 Å². The fourth-order valence-electron chi connectivity index (χ4n) is 3.48. The van der Waals surface area contributed by atoms with Crippen molar-refractivity contribution in [1.29, 1.82) is 0 Å². The normalized spacial score (nSPS) is 14.0. The molecule has 2 amide bonds. The molecule has 0 saturated carbocycles. The van der Waals surface area contributed by atoms with Crippen LogP contribution < -0.4 is 10.2 Å². The Morgan fingerprint density at radius 2 is 1.50 bits per heavy atom. The van der Waals surface area contributed by atoms with E-state index in [2.05, 4.69) is 24.1 Å². The van der Waals surface area contributed by atoms with Gasteiger partial charge in [-0.15, -0.1) is 0 Å². The van der Waals surface area contributed by atoms with Crippen LogP contribution in [0.2, 0.25) is 0 Å². The Morgan fingerprint density at radius 3 is 2.07 bits per heavy atom. The summed E-state index contributed by atoms with van der Waals surface area (Å²) >= 11 is 0. The highest BCUT2D eigenvalue weighted by Crippen LogP contribution is 2.31. The van der Waals surface area contributed by atoms with Gasteiger partial charge in [-0.2, -0.15) is 0 Å². The molecule has 1 heterocycles. The van der Waals surface area contributed by atoms with Crippen LogP contribution in [0.3, 0.4) is 0 Å². The maximum absolute atomic E-state index is 12.9. The monoisotopic (exact) mass is 377 g/mol. The van der Waals surface area contributed by atoms with Gasteiger partial charge in [-0.3, -0.25) is 14.5 Å². The molecule has 2 aromatic rings. The Balaban J connectivity index is 1.95. The highest BCUT2D eigenvalue weighted by molar-refractivity contribution is 6.36. The van der Waals surface area contributed by atoms with Crippen LogP contribution in [0, 0.1) is 0 Å². The van der Waals surface area contributed by atoms with E-state index in [1.54, 1.807) is 0 Å². The third-order valence-electron chi connectivity index (χ3n) is 4.94. The average molecular weight is 377 g/mol. The fraction of sp³-hybridized carbons (Fsp3) is 0.304. The van der Waals surface area contributed by atoms with Gasteiger partial charge in [0.15, 0.2) is 0 Å². The van der Waals surface area contributed by atoms with Gasteiger partial charge in [0.05, 0.1) is 5.57 Å². The largest absolute Gasteiger partial charge is 0.372 e. The number of hydrogen-bond acceptors (Lipinski definition) is 4. The molecule has 5 heteroatoms. The third kappa shape index (κ3) is 3.79. The van der Waals surface area contributed by atoms with Crippen LogP contribution in [0.25, 0.3) is 5.57 Å². The van der Waals surface area contributed by atoms with E-state index in [0.717, 1.165) is 36.4 Å². The Morgan fingerprint density at radius 1 is 0.857 bits per heavy atom. The first-order chi connectivity index (χ1) is 13.6. The number of carbonyl (C=O) groups excluding carboxylic acids is 2. The van der Waals surface area contributed by atoms with Crippen molar-refractivity contribution in [2.24, 2.45) is 0 Å². The van der Waals surface area contributed by atoms with E-state index in [1.807, 2.05) is 61.5 Å². The van der Waals surface area contributed by atoms with Crippen molar-refractivity contribution >= 4 is 28.8 Å². The lowest BCUT2D eigenvalue weighted by atomic mass is 10.0. The summed E-state index contributed by atoms with van der Waals surface area (Å²) in [5.41, 5.74) is 3.46. The SMILES string of the molecule is CCCN1C(=O)C(Nc2ccc(N(CC)CC)cc2)=C(c2ccccc2)C1=O. The van der Waals surface area contributed by atoms with E-state index in [1.165, 1.54) is 4.90 Å². The van der Waals surface area contributed by atoms with Crippen LogP contribution in [0.4, 0.5) is 11.4 Å². The molecule has 0 atom stereocenters. The zero-order chi connectivity index (χ0) is 20.1. The zero-order valence-electron chi connectivity index (χ0n) is 16.7. The molecule has 5 nitrogen and oxygen atoms in total. The van der Waals surface area contributed by atoms with E-state index < -0.39 is 0 Å². The first-order valence-corrected chi connectivity index (χ1v) is 9.88. The molecule has 0 saturated heterocycles. The second-order valence-corrected chi connectivity index (χ2v) is 6.72. The van der Waals surface area contributed by atoms with Gasteiger partial charge in [0.1, 0.15) is 5.70 Å². The van der Waals surface area contributed by atoms with Crippen molar-refractivity contribution in [3.63, 3.8) is 0 Å². The predicted molar refractivity (Wildman–Crippen MR) is 114 cm³/mol. The van der Waals surface area contributed by atoms with Crippen LogP contribution in [0.1, 0.15) is 32.8 Å². The van der Waals surface area contributed by atoms with Crippen molar-refractivity contribution in [2.45, 2.75) is 27.2 Å². The molecule has 0 unspecified atom stereocenters. The lowest BCUT2D eigenvalue weighted by Gasteiger charge is -2.21. The third-order valence-corrected chi connectivity index (χ3v) is 4.94. The molecule has 0 aromatic heterocycles. The van der Waals surface area contributed by atoms with Gasteiger partial charge in [0.2, 0.25) is 0 Å². The number of nitrogens with zero attached hydrogens (tertiary/aromatic N) is 2. The second kappa shape index (κ2) is 8.74. The number of amides is 2. The first kappa shape index (κ1) is 19.7. The van der Waals surface area contributed by atoms with Crippen molar-refractivity contribution in [1.82, 2.24) is 4.90 Å². The quantitative estimate of drug-likeness (QED) is 0.703. The van der Waals surface area contributed by atoms with E-state index >= 15 is 0 Å². The molecule has 28 heavy (non-hydrogen) atoms. The number of imide groups is 1. The molecule has 2 aromatic carbocycles. The number of nitrogens with one attached hydrogen (secondary N) is 1. The zero-order valence-corrected chi connectivity index (χ0v) is 16.7. The van der Waals surface area contributed by atoms with Gasteiger partial charge in [0, 0.05) is 31.0 Å². The van der Waals surface area contributed by atoms with E-state index in [9.17, 15) is 9.59 Å². The minimum atomic E-state index is -0.265. The van der Waals surface area contributed by atoms with Gasteiger partial charge in [0.25, 0.3) is 11.8 Å². The summed E-state index contributed by atoms with van der Waals surface area (Å²) in [5.74, 6) is -0.501. The summed E-state index contributed by atoms with van der Waals surface area (Å²) in [4.78, 5) is 29.5. The summed E-state index contributed by atoms with van der Waals surface area (Å²) < 4.78 is 0. The summed E-state index contributed by atoms with van der Waals surface area (Å²) in [6.45, 7) is 8.49. The van der Waals surface area contributed by atoms with Gasteiger partial charge in [-0.05, 0) is 50.1 Å². The lowest BCUT2D eigenvalue weighted by Crippen LogP contribution is -2.33.